The fraction of sp³-hybridized carbons (Fsp3) is 0.200. The summed E-state index contributed by atoms with van der Waals surface area (Å²) in [6.45, 7) is -0.394. The van der Waals surface area contributed by atoms with Crippen LogP contribution in [0.1, 0.15) is 5.56 Å². The highest BCUT2D eigenvalue weighted by atomic mass is 32.2. The van der Waals surface area contributed by atoms with Crippen LogP contribution >= 0.6 is 0 Å². The highest BCUT2D eigenvalue weighted by molar-refractivity contribution is 7.90. The maximum absolute atomic E-state index is 14.3. The minimum absolute atomic E-state index is 0.167. The summed E-state index contributed by atoms with van der Waals surface area (Å²) >= 11 is 0. The molecule has 0 atom stereocenters. The van der Waals surface area contributed by atoms with Crippen molar-refractivity contribution in [3.8, 4) is 5.69 Å². The van der Waals surface area contributed by atoms with Gasteiger partial charge in [-0.15, -0.1) is 0 Å². The van der Waals surface area contributed by atoms with E-state index in [1.54, 1.807) is 18.7 Å². The second kappa shape index (κ2) is 9.06. The molecule has 0 aliphatic rings. The molecule has 0 saturated heterocycles. The number of para-hydroxylation sites is 2. The number of imidazole rings is 1. The molecular formula is C20H22FN5O3S. The smallest absolute Gasteiger partial charge is 0.304 e. The van der Waals surface area contributed by atoms with Crippen molar-refractivity contribution in [3.63, 3.8) is 0 Å². The Morgan fingerprint density at radius 1 is 1.13 bits per heavy atom. The zero-order chi connectivity index (χ0) is 21.7. The SMILES string of the molecule is CN(C)S(=O)(=O)N(CC(=O)NCc1ccccc1-n1ccnc1)c1ccccc1F. The van der Waals surface area contributed by atoms with Gasteiger partial charge in [-0.2, -0.15) is 12.7 Å². The first kappa shape index (κ1) is 21.5. The molecule has 1 aromatic heterocycles. The Morgan fingerprint density at radius 3 is 2.50 bits per heavy atom. The quantitative estimate of drug-likeness (QED) is 0.591. The van der Waals surface area contributed by atoms with Crippen LogP contribution in [0.15, 0.2) is 67.3 Å². The molecule has 2 aromatic carbocycles. The molecule has 8 nitrogen and oxygen atoms in total. The number of hydrogen-bond acceptors (Lipinski definition) is 4. The largest absolute Gasteiger partial charge is 0.350 e. The van der Waals surface area contributed by atoms with Gasteiger partial charge in [0.2, 0.25) is 5.91 Å². The van der Waals surface area contributed by atoms with Gasteiger partial charge in [0.1, 0.15) is 12.4 Å². The number of nitrogens with one attached hydrogen (secondary N) is 1. The van der Waals surface area contributed by atoms with E-state index >= 15 is 0 Å². The van der Waals surface area contributed by atoms with E-state index in [2.05, 4.69) is 10.3 Å². The van der Waals surface area contributed by atoms with Crippen molar-refractivity contribution >= 4 is 21.8 Å². The Labute approximate surface area is 174 Å². The van der Waals surface area contributed by atoms with Crippen molar-refractivity contribution in [3.05, 3.63) is 78.6 Å². The van der Waals surface area contributed by atoms with Crippen LogP contribution in [0.25, 0.3) is 5.69 Å². The summed E-state index contributed by atoms with van der Waals surface area (Å²) in [6, 6.07) is 12.9. The number of benzene rings is 2. The van der Waals surface area contributed by atoms with E-state index in [4.69, 9.17) is 0 Å². The summed E-state index contributed by atoms with van der Waals surface area (Å²) in [5, 5.41) is 2.71. The number of anilines is 1. The topological polar surface area (TPSA) is 87.5 Å². The molecule has 0 aliphatic carbocycles. The lowest BCUT2D eigenvalue weighted by Gasteiger charge is -2.27. The van der Waals surface area contributed by atoms with Crippen LogP contribution in [0.2, 0.25) is 0 Å². The van der Waals surface area contributed by atoms with Crippen molar-refractivity contribution in [2.45, 2.75) is 6.54 Å². The molecule has 0 unspecified atom stereocenters. The first-order valence-corrected chi connectivity index (χ1v) is 10.5. The van der Waals surface area contributed by atoms with E-state index < -0.39 is 28.5 Å². The Balaban J connectivity index is 1.79. The number of hydrogen-bond donors (Lipinski definition) is 1. The third kappa shape index (κ3) is 4.66. The molecular weight excluding hydrogens is 409 g/mol. The maximum Gasteiger partial charge on any atom is 0.304 e. The van der Waals surface area contributed by atoms with Crippen molar-refractivity contribution in [2.75, 3.05) is 24.9 Å². The van der Waals surface area contributed by atoms with Crippen LogP contribution in [-0.2, 0) is 21.5 Å². The molecule has 1 amide bonds. The number of halogens is 1. The Kier molecular flexibility index (Phi) is 6.48. The first-order valence-electron chi connectivity index (χ1n) is 9.08. The van der Waals surface area contributed by atoms with Gasteiger partial charge >= 0.3 is 10.2 Å². The molecule has 3 rings (SSSR count). The normalized spacial score (nSPS) is 11.5. The van der Waals surface area contributed by atoms with Gasteiger partial charge in [-0.05, 0) is 23.8 Å². The van der Waals surface area contributed by atoms with Crippen LogP contribution in [0.5, 0.6) is 0 Å². The summed E-state index contributed by atoms with van der Waals surface area (Å²) < 4.78 is 43.2. The van der Waals surface area contributed by atoms with Gasteiger partial charge in [0.05, 0.1) is 17.7 Å². The lowest BCUT2D eigenvalue weighted by atomic mass is 10.1. The van der Waals surface area contributed by atoms with Crippen molar-refractivity contribution in [1.82, 2.24) is 19.2 Å². The molecule has 3 aromatic rings. The highest BCUT2D eigenvalue weighted by Gasteiger charge is 2.29. The van der Waals surface area contributed by atoms with Crippen molar-refractivity contribution in [2.24, 2.45) is 0 Å². The molecule has 0 bridgehead atoms. The van der Waals surface area contributed by atoms with E-state index in [-0.39, 0.29) is 12.2 Å². The van der Waals surface area contributed by atoms with Gasteiger partial charge in [-0.1, -0.05) is 30.3 Å². The number of rotatable bonds is 8. The van der Waals surface area contributed by atoms with Crippen LogP contribution in [-0.4, -0.2) is 48.8 Å². The number of carbonyl (C=O) groups excluding carboxylic acids is 1. The number of aromatic nitrogens is 2. The van der Waals surface area contributed by atoms with E-state index in [1.807, 2.05) is 28.8 Å². The Morgan fingerprint density at radius 2 is 1.83 bits per heavy atom. The summed E-state index contributed by atoms with van der Waals surface area (Å²) in [6.07, 6.45) is 5.07. The van der Waals surface area contributed by atoms with Gasteiger partial charge in [0.25, 0.3) is 0 Å². The third-order valence-corrected chi connectivity index (χ3v) is 6.20. The maximum atomic E-state index is 14.3. The van der Waals surface area contributed by atoms with E-state index in [0.29, 0.717) is 0 Å². The van der Waals surface area contributed by atoms with Crippen LogP contribution in [0.4, 0.5) is 10.1 Å². The first-order chi connectivity index (χ1) is 14.3. The zero-order valence-corrected chi connectivity index (χ0v) is 17.4. The molecule has 0 aliphatic heterocycles. The fourth-order valence-corrected chi connectivity index (χ4v) is 3.91. The van der Waals surface area contributed by atoms with Crippen LogP contribution < -0.4 is 9.62 Å². The second-order valence-corrected chi connectivity index (χ2v) is 8.69. The zero-order valence-electron chi connectivity index (χ0n) is 16.6. The summed E-state index contributed by atoms with van der Waals surface area (Å²) in [5.41, 5.74) is 1.46. The lowest BCUT2D eigenvalue weighted by molar-refractivity contribution is -0.119. The predicted octanol–water partition coefficient (Wildman–Crippen LogP) is 1.94. The molecule has 0 fully saturated rings. The van der Waals surface area contributed by atoms with Crippen LogP contribution in [0.3, 0.4) is 0 Å². The lowest BCUT2D eigenvalue weighted by Crippen LogP contribution is -2.46. The minimum Gasteiger partial charge on any atom is -0.350 e. The number of amides is 1. The molecule has 158 valence electrons. The molecule has 10 heteroatoms. The molecule has 0 radical (unpaired) electrons. The van der Waals surface area contributed by atoms with Crippen molar-refractivity contribution in [1.29, 1.82) is 0 Å². The Hall–Kier alpha value is -3.24. The minimum atomic E-state index is -4.08. The van der Waals surface area contributed by atoms with E-state index in [9.17, 15) is 17.6 Å². The monoisotopic (exact) mass is 431 g/mol. The second-order valence-electron chi connectivity index (χ2n) is 6.62. The summed E-state index contributed by atoms with van der Waals surface area (Å²) in [4.78, 5) is 16.6. The Bertz CT molecular complexity index is 1120. The summed E-state index contributed by atoms with van der Waals surface area (Å²) in [7, 11) is -1.44. The number of nitrogens with zero attached hydrogens (tertiary/aromatic N) is 4. The standard InChI is InChI=1S/C20H22FN5O3S/c1-24(2)30(28,29)26(19-10-6-4-8-17(19)21)14-20(27)23-13-16-7-3-5-9-18(16)25-12-11-22-15-25/h3-12,15H,13-14H2,1-2H3,(H,23,27). The van der Waals surface area contributed by atoms with E-state index in [1.165, 1.54) is 32.3 Å². The van der Waals surface area contributed by atoms with Crippen LogP contribution in [0, 0.1) is 5.82 Å². The highest BCUT2D eigenvalue weighted by Crippen LogP contribution is 2.22. The van der Waals surface area contributed by atoms with Gasteiger partial charge in [-0.25, -0.2) is 13.7 Å². The molecule has 0 saturated carbocycles. The molecule has 0 spiro atoms. The molecule has 1 N–H and O–H groups in total. The molecule has 30 heavy (non-hydrogen) atoms. The van der Waals surface area contributed by atoms with E-state index in [0.717, 1.165) is 25.9 Å². The average molecular weight is 431 g/mol. The van der Waals surface area contributed by atoms with Crippen molar-refractivity contribution < 1.29 is 17.6 Å². The number of carbonyl (C=O) groups is 1. The fourth-order valence-electron chi connectivity index (χ4n) is 2.84. The van der Waals surface area contributed by atoms with Gasteiger partial charge in [0, 0.05) is 33.0 Å². The molecule has 1 heterocycles. The predicted molar refractivity (Wildman–Crippen MR) is 112 cm³/mol. The third-order valence-electron chi connectivity index (χ3n) is 4.40. The average Bonchev–Trinajstić information content (AvgIpc) is 3.26. The summed E-state index contributed by atoms with van der Waals surface area (Å²) in [5.74, 6) is -1.30. The van der Waals surface area contributed by atoms with Gasteiger partial charge in [-0.3, -0.25) is 4.79 Å². The van der Waals surface area contributed by atoms with Gasteiger partial charge in [0.15, 0.2) is 0 Å². The van der Waals surface area contributed by atoms with Gasteiger partial charge < -0.3 is 9.88 Å².